The number of hydrogen-bond donors (Lipinski definition) is 2. The molecule has 0 heterocycles. The zero-order valence-electron chi connectivity index (χ0n) is 16.2. The van der Waals surface area contributed by atoms with Gasteiger partial charge in [0.2, 0.25) is 5.91 Å². The van der Waals surface area contributed by atoms with Crippen molar-refractivity contribution in [2.45, 2.75) is 90.7 Å². The molecule has 1 aliphatic rings. The maximum Gasteiger partial charge on any atom is 0.223 e. The Morgan fingerprint density at radius 2 is 2.00 bits per heavy atom. The number of nitrogens with one attached hydrogen (secondary N) is 1. The van der Waals surface area contributed by atoms with E-state index in [1.807, 2.05) is 13.8 Å². The van der Waals surface area contributed by atoms with Crippen molar-refractivity contribution >= 4 is 5.91 Å². The number of nitrogens with zero attached hydrogens (tertiary/aromatic N) is 3. The normalized spacial score (nSPS) is 19.1. The largest absolute Gasteiger partial charge is 0.393 e. The molecule has 2 N–H and O–H groups in total. The number of unbranched alkanes of at least 4 members (excludes halogenated alkanes) is 1. The summed E-state index contributed by atoms with van der Waals surface area (Å²) in [7, 11) is 0. The molecule has 1 aliphatic carbocycles. The van der Waals surface area contributed by atoms with Crippen LogP contribution in [-0.4, -0.2) is 29.7 Å². The van der Waals surface area contributed by atoms with E-state index >= 15 is 0 Å². The molecule has 144 valence electrons. The number of rotatable bonds is 11. The standard InChI is InChI=1S/C19H36N4O2/c1-4-5-11-21-19(25)16(14(2)3)13-18(24)17(22-23-20)12-15-9-7-6-8-10-15/h14-18,24H,4-13H2,1-3H3,(H,21,25)/t16-,17-,18-/m0/s1. The molecule has 0 aliphatic heterocycles. The van der Waals surface area contributed by atoms with Gasteiger partial charge in [-0.2, -0.15) is 0 Å². The summed E-state index contributed by atoms with van der Waals surface area (Å²) in [6, 6.07) is -0.433. The first-order valence-electron chi connectivity index (χ1n) is 9.99. The quantitative estimate of drug-likeness (QED) is 0.246. The van der Waals surface area contributed by atoms with Crippen LogP contribution in [0, 0.1) is 17.8 Å². The van der Waals surface area contributed by atoms with Crippen LogP contribution in [0.2, 0.25) is 0 Å². The minimum Gasteiger partial charge on any atom is -0.393 e. The average Bonchev–Trinajstić information content (AvgIpc) is 2.59. The first kappa shape index (κ1) is 21.8. The highest BCUT2D eigenvalue weighted by atomic mass is 16.3. The lowest BCUT2D eigenvalue weighted by Gasteiger charge is -2.29. The van der Waals surface area contributed by atoms with Gasteiger partial charge < -0.3 is 10.4 Å². The van der Waals surface area contributed by atoms with Gasteiger partial charge in [-0.1, -0.05) is 64.4 Å². The van der Waals surface area contributed by atoms with Crippen molar-refractivity contribution in [3.63, 3.8) is 0 Å². The zero-order valence-corrected chi connectivity index (χ0v) is 16.2. The molecule has 0 saturated heterocycles. The third kappa shape index (κ3) is 8.10. The van der Waals surface area contributed by atoms with E-state index in [2.05, 4.69) is 22.3 Å². The molecule has 0 aromatic carbocycles. The number of aliphatic hydroxyl groups is 1. The van der Waals surface area contributed by atoms with E-state index in [1.165, 1.54) is 19.3 Å². The predicted octanol–water partition coefficient (Wildman–Crippen LogP) is 4.58. The molecule has 3 atom stereocenters. The van der Waals surface area contributed by atoms with E-state index in [0.717, 1.165) is 32.1 Å². The van der Waals surface area contributed by atoms with E-state index in [0.29, 0.717) is 18.9 Å². The maximum atomic E-state index is 12.4. The van der Waals surface area contributed by atoms with Gasteiger partial charge in [0.1, 0.15) is 0 Å². The average molecular weight is 353 g/mol. The summed E-state index contributed by atoms with van der Waals surface area (Å²) in [5.41, 5.74) is 8.88. The zero-order chi connectivity index (χ0) is 18.7. The Balaban J connectivity index is 2.64. The van der Waals surface area contributed by atoms with Crippen LogP contribution >= 0.6 is 0 Å². The molecule has 1 fully saturated rings. The minimum atomic E-state index is -0.762. The van der Waals surface area contributed by atoms with E-state index in [1.54, 1.807) is 0 Å². The van der Waals surface area contributed by atoms with E-state index in [9.17, 15) is 9.90 Å². The van der Waals surface area contributed by atoms with Crippen LogP contribution in [0.1, 0.15) is 78.6 Å². The lowest BCUT2D eigenvalue weighted by molar-refractivity contribution is -0.127. The lowest BCUT2D eigenvalue weighted by atomic mass is 9.81. The molecule has 0 radical (unpaired) electrons. The molecule has 1 saturated carbocycles. The smallest absolute Gasteiger partial charge is 0.223 e. The van der Waals surface area contributed by atoms with Crippen LogP contribution < -0.4 is 5.32 Å². The second-order valence-electron chi connectivity index (χ2n) is 7.81. The van der Waals surface area contributed by atoms with E-state index < -0.39 is 12.1 Å². The Morgan fingerprint density at radius 1 is 1.32 bits per heavy atom. The second kappa shape index (κ2) is 12.2. The highest BCUT2D eigenvalue weighted by Crippen LogP contribution is 2.30. The Morgan fingerprint density at radius 3 is 2.56 bits per heavy atom. The maximum absolute atomic E-state index is 12.4. The molecule has 0 unspecified atom stereocenters. The summed E-state index contributed by atoms with van der Waals surface area (Å²) in [5, 5.41) is 17.5. The molecule has 25 heavy (non-hydrogen) atoms. The molecule has 0 bridgehead atoms. The molecule has 0 aromatic heterocycles. The monoisotopic (exact) mass is 352 g/mol. The number of amides is 1. The van der Waals surface area contributed by atoms with Gasteiger partial charge in [-0.25, -0.2) is 0 Å². The summed E-state index contributed by atoms with van der Waals surface area (Å²) in [5.74, 6) is 0.405. The van der Waals surface area contributed by atoms with Gasteiger partial charge in [0, 0.05) is 17.4 Å². The van der Waals surface area contributed by atoms with E-state index in [-0.39, 0.29) is 17.7 Å². The number of hydrogen-bond acceptors (Lipinski definition) is 3. The third-order valence-corrected chi connectivity index (χ3v) is 5.41. The molecule has 6 heteroatoms. The molecular weight excluding hydrogens is 316 g/mol. The summed E-state index contributed by atoms with van der Waals surface area (Å²) in [4.78, 5) is 15.4. The summed E-state index contributed by atoms with van der Waals surface area (Å²) < 4.78 is 0. The van der Waals surface area contributed by atoms with Crippen molar-refractivity contribution in [1.29, 1.82) is 0 Å². The van der Waals surface area contributed by atoms with Crippen LogP contribution in [0.25, 0.3) is 10.4 Å². The van der Waals surface area contributed by atoms with Crippen LogP contribution in [0.3, 0.4) is 0 Å². The first-order chi connectivity index (χ1) is 12.0. The van der Waals surface area contributed by atoms with Gasteiger partial charge >= 0.3 is 0 Å². The minimum absolute atomic E-state index is 0.000136. The van der Waals surface area contributed by atoms with Crippen LogP contribution in [0.15, 0.2) is 5.11 Å². The van der Waals surface area contributed by atoms with Gasteiger partial charge in [0.05, 0.1) is 12.1 Å². The molecule has 1 amide bonds. The topological polar surface area (TPSA) is 98.1 Å². The Bertz CT molecular complexity index is 429. The van der Waals surface area contributed by atoms with Crippen molar-refractivity contribution in [2.24, 2.45) is 22.9 Å². The first-order valence-corrected chi connectivity index (χ1v) is 9.99. The SMILES string of the molecule is CCCCNC(=O)[C@@H](C[C@H](O)[C@H](CC1CCCCC1)N=[N+]=[N-])C(C)C. The fourth-order valence-electron chi connectivity index (χ4n) is 3.73. The molecular formula is C19H36N4O2. The fourth-order valence-corrected chi connectivity index (χ4v) is 3.73. The summed E-state index contributed by atoms with van der Waals surface area (Å²) >= 11 is 0. The van der Waals surface area contributed by atoms with E-state index in [4.69, 9.17) is 5.53 Å². The summed E-state index contributed by atoms with van der Waals surface area (Å²) in [6.45, 7) is 6.77. The molecule has 0 spiro atoms. The number of carbonyl (C=O) groups excluding carboxylic acids is 1. The summed E-state index contributed by atoms with van der Waals surface area (Å²) in [6.07, 6.45) is 8.33. The predicted molar refractivity (Wildman–Crippen MR) is 101 cm³/mol. The van der Waals surface area contributed by atoms with Crippen molar-refractivity contribution < 1.29 is 9.90 Å². The van der Waals surface area contributed by atoms with Gasteiger partial charge in [-0.3, -0.25) is 4.79 Å². The second-order valence-corrected chi connectivity index (χ2v) is 7.81. The van der Waals surface area contributed by atoms with Crippen LogP contribution in [0.4, 0.5) is 0 Å². The van der Waals surface area contributed by atoms with Crippen molar-refractivity contribution in [3.8, 4) is 0 Å². The van der Waals surface area contributed by atoms with Crippen molar-refractivity contribution in [3.05, 3.63) is 10.4 Å². The van der Waals surface area contributed by atoms with Gasteiger partial charge in [0.15, 0.2) is 0 Å². The van der Waals surface area contributed by atoms with Crippen molar-refractivity contribution in [1.82, 2.24) is 5.32 Å². The Kier molecular flexibility index (Phi) is 10.6. The van der Waals surface area contributed by atoms with Crippen LogP contribution in [-0.2, 0) is 4.79 Å². The molecule has 1 rings (SSSR count). The third-order valence-electron chi connectivity index (χ3n) is 5.41. The fraction of sp³-hybridized carbons (Fsp3) is 0.947. The van der Waals surface area contributed by atoms with Gasteiger partial charge in [-0.15, -0.1) is 0 Å². The van der Waals surface area contributed by atoms with Crippen molar-refractivity contribution in [2.75, 3.05) is 6.54 Å². The molecule has 0 aromatic rings. The van der Waals surface area contributed by atoms with Gasteiger partial charge in [-0.05, 0) is 36.6 Å². The number of aliphatic hydroxyl groups excluding tert-OH is 1. The number of azide groups is 1. The molecule has 6 nitrogen and oxygen atoms in total. The number of carbonyl (C=O) groups is 1. The van der Waals surface area contributed by atoms with Gasteiger partial charge in [0.25, 0.3) is 0 Å². The Labute approximate surface area is 152 Å². The lowest BCUT2D eigenvalue weighted by Crippen LogP contribution is -2.38. The highest BCUT2D eigenvalue weighted by molar-refractivity contribution is 5.78. The highest BCUT2D eigenvalue weighted by Gasteiger charge is 2.30. The van der Waals surface area contributed by atoms with Crippen LogP contribution in [0.5, 0.6) is 0 Å². The Hall–Kier alpha value is -1.26.